The summed E-state index contributed by atoms with van der Waals surface area (Å²) in [5.41, 5.74) is -2.77. The van der Waals surface area contributed by atoms with Crippen LogP contribution in [0, 0.1) is 23.2 Å². The van der Waals surface area contributed by atoms with Crippen molar-refractivity contribution in [3.63, 3.8) is 0 Å². The van der Waals surface area contributed by atoms with Gasteiger partial charge in [0, 0.05) is 17.4 Å². The summed E-state index contributed by atoms with van der Waals surface area (Å²) in [6.07, 6.45) is 4.43. The number of allylic oxidation sites excluding steroid dienone is 2. The van der Waals surface area contributed by atoms with Gasteiger partial charge in [0.2, 0.25) is 0 Å². The molecule has 2 bridgehead atoms. The molecule has 0 unspecified atom stereocenters. The molecule has 2 fully saturated rings. The van der Waals surface area contributed by atoms with Crippen molar-refractivity contribution in [2.45, 2.75) is 45.3 Å². The Kier molecular flexibility index (Phi) is 4.22. The molecule has 2 aliphatic carbocycles. The second kappa shape index (κ2) is 5.91. The molecule has 0 amide bonds. The molecule has 1 saturated carbocycles. The van der Waals surface area contributed by atoms with Crippen LogP contribution < -0.4 is 5.11 Å². The average Bonchev–Trinajstić information content (AvgIpc) is 2.87. The molecule has 1 saturated heterocycles. The Hall–Kier alpha value is -2.21. The van der Waals surface area contributed by atoms with Crippen LogP contribution in [0.3, 0.4) is 0 Å². The zero-order chi connectivity index (χ0) is 19.4. The van der Waals surface area contributed by atoms with Crippen molar-refractivity contribution < 1.29 is 29.3 Å². The second-order valence-electron chi connectivity index (χ2n) is 7.87. The fraction of sp³-hybridized carbons (Fsp3) is 0.550. The first-order valence-corrected chi connectivity index (χ1v) is 8.77. The molecule has 1 aliphatic heterocycles. The molecule has 6 heteroatoms. The van der Waals surface area contributed by atoms with Crippen molar-refractivity contribution in [3.8, 4) is 0 Å². The Bertz CT molecular complexity index is 762. The Balaban J connectivity index is 2.17. The maximum atomic E-state index is 12.8. The van der Waals surface area contributed by atoms with Gasteiger partial charge in [0.1, 0.15) is 6.10 Å². The minimum absolute atomic E-state index is 0.0326. The fourth-order valence-corrected chi connectivity index (χ4v) is 4.85. The SMILES string of the molecule is C=C1C(=O)O[C@H]2C[C@@H]1[C@@](O)(C/C=C(\C)C(=O)[O-])[C@]1(C)C(=O)C=C[C@H]1[C@@H]2C. The van der Waals surface area contributed by atoms with Crippen molar-refractivity contribution in [2.75, 3.05) is 0 Å². The number of aliphatic hydroxyl groups is 1. The van der Waals surface area contributed by atoms with Crippen LogP contribution in [0.4, 0.5) is 0 Å². The Morgan fingerprint density at radius 2 is 2.15 bits per heavy atom. The zero-order valence-electron chi connectivity index (χ0n) is 15.2. The van der Waals surface area contributed by atoms with Gasteiger partial charge in [-0.05, 0) is 44.3 Å². The lowest BCUT2D eigenvalue weighted by Crippen LogP contribution is -2.57. The number of carbonyl (C=O) groups excluding carboxylic acids is 3. The van der Waals surface area contributed by atoms with Crippen LogP contribution in [0.2, 0.25) is 0 Å². The number of carbonyl (C=O) groups is 3. The molecule has 3 rings (SSSR count). The largest absolute Gasteiger partial charge is 0.545 e. The highest BCUT2D eigenvalue weighted by molar-refractivity contribution is 5.99. The van der Waals surface area contributed by atoms with Crippen molar-refractivity contribution in [1.82, 2.24) is 0 Å². The number of hydrogen-bond donors (Lipinski definition) is 1. The molecule has 0 spiro atoms. The molecule has 140 valence electrons. The van der Waals surface area contributed by atoms with Crippen LogP contribution in [-0.2, 0) is 19.1 Å². The molecule has 1 heterocycles. The molecule has 0 aromatic heterocycles. The van der Waals surface area contributed by atoms with E-state index in [2.05, 4.69) is 6.58 Å². The summed E-state index contributed by atoms with van der Waals surface area (Å²) in [7, 11) is 0. The van der Waals surface area contributed by atoms with Crippen LogP contribution in [0.15, 0.2) is 36.0 Å². The highest BCUT2D eigenvalue weighted by atomic mass is 16.5. The lowest BCUT2D eigenvalue weighted by Gasteiger charge is -2.48. The Labute approximate surface area is 152 Å². The van der Waals surface area contributed by atoms with Crippen molar-refractivity contribution in [1.29, 1.82) is 0 Å². The van der Waals surface area contributed by atoms with E-state index in [-0.39, 0.29) is 35.2 Å². The first-order valence-electron chi connectivity index (χ1n) is 8.77. The van der Waals surface area contributed by atoms with Gasteiger partial charge in [-0.3, -0.25) is 4.79 Å². The van der Waals surface area contributed by atoms with Gasteiger partial charge in [0.15, 0.2) is 5.78 Å². The maximum Gasteiger partial charge on any atom is 0.334 e. The van der Waals surface area contributed by atoms with Gasteiger partial charge < -0.3 is 19.7 Å². The second-order valence-corrected chi connectivity index (χ2v) is 7.87. The maximum absolute atomic E-state index is 12.8. The number of rotatable bonds is 3. The van der Waals surface area contributed by atoms with Gasteiger partial charge in [-0.2, -0.15) is 0 Å². The lowest BCUT2D eigenvalue weighted by atomic mass is 9.58. The van der Waals surface area contributed by atoms with Gasteiger partial charge in [-0.15, -0.1) is 0 Å². The van der Waals surface area contributed by atoms with Gasteiger partial charge in [0.25, 0.3) is 0 Å². The average molecular weight is 359 g/mol. The van der Waals surface area contributed by atoms with Gasteiger partial charge in [-0.25, -0.2) is 4.79 Å². The summed E-state index contributed by atoms with van der Waals surface area (Å²) in [4.78, 5) is 36.2. The topological polar surface area (TPSA) is 104 Å². The normalized spacial score (nSPS) is 42.3. The molecular formula is C20H23O6-. The molecule has 3 aliphatic rings. The number of esters is 1. The highest BCUT2D eigenvalue weighted by Gasteiger charge is 2.66. The third-order valence-corrected chi connectivity index (χ3v) is 6.71. The minimum Gasteiger partial charge on any atom is -0.545 e. The van der Waals surface area contributed by atoms with Crippen LogP contribution in [0.1, 0.15) is 33.6 Å². The number of carboxylic acids is 1. The summed E-state index contributed by atoms with van der Waals surface area (Å²) >= 11 is 0. The van der Waals surface area contributed by atoms with Crippen molar-refractivity contribution in [3.05, 3.63) is 36.0 Å². The summed E-state index contributed by atoms with van der Waals surface area (Å²) < 4.78 is 5.49. The number of hydrogen-bond acceptors (Lipinski definition) is 6. The highest BCUT2D eigenvalue weighted by Crippen LogP contribution is 2.59. The molecule has 1 N–H and O–H groups in total. The molecule has 6 atom stereocenters. The van der Waals surface area contributed by atoms with E-state index < -0.39 is 35.0 Å². The van der Waals surface area contributed by atoms with Crippen LogP contribution in [0.5, 0.6) is 0 Å². The molecule has 0 aromatic carbocycles. The first-order chi connectivity index (χ1) is 12.0. The van der Waals surface area contributed by atoms with Gasteiger partial charge in [-0.1, -0.05) is 25.7 Å². The lowest BCUT2D eigenvalue weighted by molar-refractivity contribution is -0.299. The van der Waals surface area contributed by atoms with E-state index >= 15 is 0 Å². The van der Waals surface area contributed by atoms with E-state index in [9.17, 15) is 24.6 Å². The number of carboxylic acid groups (broad SMARTS) is 1. The van der Waals surface area contributed by atoms with E-state index in [4.69, 9.17) is 4.74 Å². The van der Waals surface area contributed by atoms with Gasteiger partial charge in [0.05, 0.1) is 17.0 Å². The fourth-order valence-electron chi connectivity index (χ4n) is 4.85. The molecule has 26 heavy (non-hydrogen) atoms. The van der Waals surface area contributed by atoms with Crippen LogP contribution >= 0.6 is 0 Å². The number of aliphatic carboxylic acids is 1. The number of ether oxygens (including phenoxy) is 1. The quantitative estimate of drug-likeness (QED) is 0.588. The number of ketones is 1. The summed E-state index contributed by atoms with van der Waals surface area (Å²) in [5.74, 6) is -3.33. The third-order valence-electron chi connectivity index (χ3n) is 6.71. The monoisotopic (exact) mass is 359 g/mol. The van der Waals surface area contributed by atoms with Gasteiger partial charge >= 0.3 is 5.97 Å². The van der Waals surface area contributed by atoms with E-state index in [1.54, 1.807) is 13.0 Å². The summed E-state index contributed by atoms with van der Waals surface area (Å²) in [6, 6.07) is 0. The van der Waals surface area contributed by atoms with E-state index in [1.807, 2.05) is 6.92 Å². The minimum atomic E-state index is -1.66. The predicted molar refractivity (Wildman–Crippen MR) is 90.4 cm³/mol. The van der Waals surface area contributed by atoms with Crippen LogP contribution in [-0.4, -0.2) is 34.5 Å². The molecule has 0 radical (unpaired) electrons. The van der Waals surface area contributed by atoms with Crippen molar-refractivity contribution in [2.24, 2.45) is 23.2 Å². The molecule has 0 aromatic rings. The zero-order valence-corrected chi connectivity index (χ0v) is 15.2. The summed E-state index contributed by atoms with van der Waals surface area (Å²) in [5, 5.41) is 22.9. The van der Waals surface area contributed by atoms with Crippen LogP contribution in [0.25, 0.3) is 0 Å². The van der Waals surface area contributed by atoms with Crippen molar-refractivity contribution >= 4 is 17.7 Å². The van der Waals surface area contributed by atoms with E-state index in [0.717, 1.165) is 0 Å². The third kappa shape index (κ3) is 2.31. The Morgan fingerprint density at radius 1 is 1.50 bits per heavy atom. The predicted octanol–water partition coefficient (Wildman–Crippen LogP) is 0.703. The first kappa shape index (κ1) is 18.6. The number of fused-ring (bicyclic) bond motifs is 3. The Morgan fingerprint density at radius 3 is 2.77 bits per heavy atom. The standard InChI is InChI=1S/C20H24O6/c1-10(17(22)23)7-8-20(25)14-9-15(26-18(24)12(14)3)11(2)13-5-6-16(21)19(13,20)4/h5-7,11,13-15,25H,3,8-9H2,1-2,4H3,(H,22,23)/p-1/b10-7+/t11-,13-,14-,15-,19-,20-/m0/s1. The smallest absolute Gasteiger partial charge is 0.334 e. The van der Waals surface area contributed by atoms with E-state index in [1.165, 1.54) is 19.1 Å². The molecular weight excluding hydrogens is 336 g/mol. The van der Waals surface area contributed by atoms with E-state index in [0.29, 0.717) is 6.42 Å². The summed E-state index contributed by atoms with van der Waals surface area (Å²) in [6.45, 7) is 8.77. The molecule has 6 nitrogen and oxygen atoms in total.